The Kier molecular flexibility index (Phi) is 3.85. The number of Topliss-reactive ketones (excluding diaryl/α,β-unsaturated/α-hetero) is 1. The van der Waals surface area contributed by atoms with Gasteiger partial charge in [0, 0.05) is 11.8 Å². The van der Waals surface area contributed by atoms with Gasteiger partial charge in [-0.05, 0) is 30.7 Å². The maximum absolute atomic E-state index is 13.4. The zero-order valence-electron chi connectivity index (χ0n) is 12.1. The monoisotopic (exact) mass is 319 g/mol. The SMILES string of the molecule is CC(=O)Cn1ncc2ncc(-c3ccc(F)c(C(F)F)c3)cc21. The van der Waals surface area contributed by atoms with Crippen molar-refractivity contribution < 1.29 is 18.0 Å². The Morgan fingerprint density at radius 1 is 1.22 bits per heavy atom. The summed E-state index contributed by atoms with van der Waals surface area (Å²) in [6.07, 6.45) is 0.136. The van der Waals surface area contributed by atoms with E-state index in [1.807, 2.05) is 0 Å². The minimum Gasteiger partial charge on any atom is -0.298 e. The Balaban J connectivity index is 2.09. The molecular formula is C16H12F3N3O. The summed E-state index contributed by atoms with van der Waals surface area (Å²) in [5, 5.41) is 4.08. The van der Waals surface area contributed by atoms with E-state index in [1.54, 1.807) is 6.07 Å². The van der Waals surface area contributed by atoms with E-state index in [-0.39, 0.29) is 12.3 Å². The normalized spacial score (nSPS) is 11.3. The smallest absolute Gasteiger partial charge is 0.266 e. The molecule has 0 unspecified atom stereocenters. The number of pyridine rings is 1. The largest absolute Gasteiger partial charge is 0.298 e. The van der Waals surface area contributed by atoms with Gasteiger partial charge < -0.3 is 0 Å². The number of halogens is 3. The fourth-order valence-electron chi connectivity index (χ4n) is 2.34. The molecule has 0 N–H and O–H groups in total. The fourth-order valence-corrected chi connectivity index (χ4v) is 2.34. The van der Waals surface area contributed by atoms with Crippen LogP contribution in [0.25, 0.3) is 22.2 Å². The maximum atomic E-state index is 13.4. The first-order valence-corrected chi connectivity index (χ1v) is 6.84. The summed E-state index contributed by atoms with van der Waals surface area (Å²) in [6, 6.07) is 5.22. The van der Waals surface area contributed by atoms with Gasteiger partial charge >= 0.3 is 0 Å². The second-order valence-electron chi connectivity index (χ2n) is 5.17. The molecule has 0 fully saturated rings. The second kappa shape index (κ2) is 5.83. The van der Waals surface area contributed by atoms with Gasteiger partial charge in [0.25, 0.3) is 6.43 Å². The number of fused-ring (bicyclic) bond motifs is 1. The Morgan fingerprint density at radius 3 is 2.70 bits per heavy atom. The molecule has 0 radical (unpaired) electrons. The summed E-state index contributed by atoms with van der Waals surface area (Å²) in [5.41, 5.74) is 1.52. The molecule has 0 bridgehead atoms. The highest BCUT2D eigenvalue weighted by molar-refractivity contribution is 5.82. The number of nitrogens with zero attached hydrogens (tertiary/aromatic N) is 3. The van der Waals surface area contributed by atoms with Crippen LogP contribution in [0.1, 0.15) is 18.9 Å². The Bertz CT molecular complexity index is 889. The summed E-state index contributed by atoms with van der Waals surface area (Å²) in [4.78, 5) is 15.5. The van der Waals surface area contributed by atoms with Gasteiger partial charge in [-0.15, -0.1) is 0 Å². The molecule has 0 aliphatic carbocycles. The lowest BCUT2D eigenvalue weighted by Gasteiger charge is -2.07. The minimum atomic E-state index is -2.89. The Morgan fingerprint density at radius 2 is 2.00 bits per heavy atom. The lowest BCUT2D eigenvalue weighted by atomic mass is 10.0. The number of hydrogen-bond acceptors (Lipinski definition) is 3. The van der Waals surface area contributed by atoms with Gasteiger partial charge in [-0.25, -0.2) is 13.2 Å². The third-order valence-electron chi connectivity index (χ3n) is 3.43. The molecule has 0 aliphatic rings. The molecule has 0 spiro atoms. The topological polar surface area (TPSA) is 47.8 Å². The van der Waals surface area contributed by atoms with Crippen molar-refractivity contribution in [3.05, 3.63) is 48.0 Å². The number of carbonyl (C=O) groups is 1. The van der Waals surface area contributed by atoms with Crippen LogP contribution < -0.4 is 0 Å². The second-order valence-corrected chi connectivity index (χ2v) is 5.17. The van der Waals surface area contributed by atoms with Crippen molar-refractivity contribution in [1.29, 1.82) is 0 Å². The molecule has 2 heterocycles. The Labute approximate surface area is 129 Å². The van der Waals surface area contributed by atoms with Crippen LogP contribution >= 0.6 is 0 Å². The molecule has 23 heavy (non-hydrogen) atoms. The molecule has 0 aliphatic heterocycles. The molecular weight excluding hydrogens is 307 g/mol. The van der Waals surface area contributed by atoms with Crippen LogP contribution in [0, 0.1) is 5.82 Å². The molecule has 2 aromatic heterocycles. The molecule has 1 aromatic carbocycles. The van der Waals surface area contributed by atoms with Crippen LogP contribution in [0.2, 0.25) is 0 Å². The van der Waals surface area contributed by atoms with E-state index < -0.39 is 17.8 Å². The van der Waals surface area contributed by atoms with Gasteiger partial charge in [-0.1, -0.05) is 6.07 Å². The highest BCUT2D eigenvalue weighted by Gasteiger charge is 2.15. The van der Waals surface area contributed by atoms with Crippen molar-refractivity contribution in [3.63, 3.8) is 0 Å². The molecule has 118 valence electrons. The van der Waals surface area contributed by atoms with E-state index in [4.69, 9.17) is 0 Å². The van der Waals surface area contributed by atoms with Crippen molar-refractivity contribution >= 4 is 16.8 Å². The quantitative estimate of drug-likeness (QED) is 0.735. The summed E-state index contributed by atoms with van der Waals surface area (Å²) < 4.78 is 40.5. The highest BCUT2D eigenvalue weighted by atomic mass is 19.3. The van der Waals surface area contributed by atoms with Gasteiger partial charge in [0.05, 0.1) is 23.8 Å². The van der Waals surface area contributed by atoms with E-state index in [2.05, 4.69) is 10.1 Å². The van der Waals surface area contributed by atoms with Crippen LogP contribution in [-0.2, 0) is 11.3 Å². The molecule has 0 atom stereocenters. The van der Waals surface area contributed by atoms with E-state index in [0.29, 0.717) is 22.2 Å². The first-order chi connectivity index (χ1) is 11.0. The summed E-state index contributed by atoms with van der Waals surface area (Å²) in [7, 11) is 0. The summed E-state index contributed by atoms with van der Waals surface area (Å²) >= 11 is 0. The fraction of sp³-hybridized carbons (Fsp3) is 0.188. The third-order valence-corrected chi connectivity index (χ3v) is 3.43. The Hall–Kier alpha value is -2.70. The van der Waals surface area contributed by atoms with Crippen LogP contribution in [-0.4, -0.2) is 20.5 Å². The van der Waals surface area contributed by atoms with Crippen LogP contribution in [0.3, 0.4) is 0 Å². The highest BCUT2D eigenvalue weighted by Crippen LogP contribution is 2.29. The predicted molar refractivity (Wildman–Crippen MR) is 78.6 cm³/mol. The molecule has 3 aromatic rings. The average molecular weight is 319 g/mol. The molecule has 7 heteroatoms. The number of aromatic nitrogens is 3. The maximum Gasteiger partial charge on any atom is 0.266 e. The number of hydrogen-bond donors (Lipinski definition) is 0. The van der Waals surface area contributed by atoms with Gasteiger partial charge in [0.2, 0.25) is 0 Å². The van der Waals surface area contributed by atoms with Crippen molar-refractivity contribution in [3.8, 4) is 11.1 Å². The molecule has 0 amide bonds. The lowest BCUT2D eigenvalue weighted by Crippen LogP contribution is -2.07. The lowest BCUT2D eigenvalue weighted by molar-refractivity contribution is -0.117. The van der Waals surface area contributed by atoms with Gasteiger partial charge in [0.1, 0.15) is 11.3 Å². The average Bonchev–Trinajstić information content (AvgIpc) is 2.89. The standard InChI is InChI=1S/C16H12F3N3O/c1-9(23)8-22-15-5-11(6-20-14(15)7-21-22)10-2-3-13(17)12(4-10)16(18)19/h2-7,16H,8H2,1H3. The first-order valence-electron chi connectivity index (χ1n) is 6.84. The molecule has 0 saturated heterocycles. The number of ketones is 1. The first kappa shape index (κ1) is 15.2. The number of benzene rings is 1. The predicted octanol–water partition coefficient (Wildman–Crippen LogP) is 3.76. The number of rotatable bonds is 4. The van der Waals surface area contributed by atoms with Gasteiger partial charge in [0.15, 0.2) is 5.78 Å². The summed E-state index contributed by atoms with van der Waals surface area (Å²) in [5.74, 6) is -1.01. The number of carbonyl (C=O) groups excluding carboxylic acids is 1. The van der Waals surface area contributed by atoms with E-state index >= 15 is 0 Å². The van der Waals surface area contributed by atoms with Gasteiger partial charge in [-0.3, -0.25) is 14.5 Å². The van der Waals surface area contributed by atoms with Crippen molar-refractivity contribution in [2.75, 3.05) is 0 Å². The number of alkyl halides is 2. The van der Waals surface area contributed by atoms with E-state index in [1.165, 1.54) is 30.1 Å². The molecule has 4 nitrogen and oxygen atoms in total. The zero-order valence-corrected chi connectivity index (χ0v) is 12.1. The van der Waals surface area contributed by atoms with Crippen LogP contribution in [0.5, 0.6) is 0 Å². The molecule has 0 saturated carbocycles. The van der Waals surface area contributed by atoms with Crippen molar-refractivity contribution in [2.24, 2.45) is 0 Å². The molecule has 3 rings (SSSR count). The van der Waals surface area contributed by atoms with Crippen LogP contribution in [0.15, 0.2) is 36.7 Å². The van der Waals surface area contributed by atoms with Crippen LogP contribution in [0.4, 0.5) is 13.2 Å². The van der Waals surface area contributed by atoms with Gasteiger partial charge in [-0.2, -0.15) is 5.10 Å². The minimum absolute atomic E-state index is 0.0674. The van der Waals surface area contributed by atoms with Crippen molar-refractivity contribution in [1.82, 2.24) is 14.8 Å². The third kappa shape index (κ3) is 2.94. The van der Waals surface area contributed by atoms with E-state index in [9.17, 15) is 18.0 Å². The summed E-state index contributed by atoms with van der Waals surface area (Å²) in [6.45, 7) is 1.54. The zero-order chi connectivity index (χ0) is 16.6. The van der Waals surface area contributed by atoms with E-state index in [0.717, 1.165) is 12.1 Å². The van der Waals surface area contributed by atoms with Crippen molar-refractivity contribution in [2.45, 2.75) is 19.9 Å².